The second kappa shape index (κ2) is 9.49. The zero-order valence-corrected chi connectivity index (χ0v) is 19.6. The van der Waals surface area contributed by atoms with E-state index in [9.17, 15) is 0 Å². The van der Waals surface area contributed by atoms with Crippen LogP contribution < -0.4 is 14.8 Å². The van der Waals surface area contributed by atoms with Crippen molar-refractivity contribution in [3.05, 3.63) is 88.4 Å². The van der Waals surface area contributed by atoms with Crippen LogP contribution in [0.2, 0.25) is 0 Å². The fraction of sp³-hybridized carbons (Fsp3) is 0.167. The average Bonchev–Trinajstić information content (AvgIpc) is 3.25. The first-order valence-corrected chi connectivity index (χ1v) is 11.0. The lowest BCUT2D eigenvalue weighted by atomic mass is 9.97. The number of thiocarbonyl (C=S) groups is 1. The number of methoxy groups -OCH3 is 2. The highest BCUT2D eigenvalue weighted by Crippen LogP contribution is 2.39. The molecule has 0 saturated heterocycles. The minimum atomic E-state index is -0.132. The Morgan fingerprint density at radius 3 is 2.45 bits per heavy atom. The lowest BCUT2D eigenvalue weighted by Gasteiger charge is -2.26. The van der Waals surface area contributed by atoms with Gasteiger partial charge in [0, 0.05) is 22.1 Å². The molecule has 1 atom stereocenters. The fourth-order valence-corrected chi connectivity index (χ4v) is 4.11. The number of nitrogens with zero attached hydrogens (tertiary/aromatic N) is 2. The predicted molar refractivity (Wildman–Crippen MR) is 132 cm³/mol. The number of benzene rings is 3. The number of hydrazone groups is 1. The Morgan fingerprint density at radius 1 is 1.03 bits per heavy atom. The summed E-state index contributed by atoms with van der Waals surface area (Å²) in [4.78, 5) is 0. The van der Waals surface area contributed by atoms with Crippen LogP contribution in [0, 0.1) is 0 Å². The molecule has 1 aliphatic rings. The molecule has 3 aromatic rings. The molecule has 0 aliphatic carbocycles. The van der Waals surface area contributed by atoms with Gasteiger partial charge in [0.2, 0.25) is 0 Å². The van der Waals surface area contributed by atoms with Crippen molar-refractivity contribution in [3.63, 3.8) is 0 Å². The normalized spacial score (nSPS) is 15.4. The molecule has 0 radical (unpaired) electrons. The standard InChI is InChI=1S/C24H22BrN3O2S/c1-29-19-12-13-23(30-2)20(14-19)22-15-21(16-8-10-17(25)11-9-16)27-28(22)24(31)26-18-6-4-3-5-7-18/h3-14,22H,15H2,1-2H3,(H,26,31)/t22-/m1/s1. The molecule has 1 aliphatic heterocycles. The SMILES string of the molecule is COc1ccc(OC)c([C@H]2CC(c3ccc(Br)cc3)=NN2C(=S)Nc2ccccc2)c1. The topological polar surface area (TPSA) is 46.1 Å². The molecule has 1 N–H and O–H groups in total. The molecule has 5 nitrogen and oxygen atoms in total. The highest BCUT2D eigenvalue weighted by Gasteiger charge is 2.33. The maximum atomic E-state index is 5.77. The maximum Gasteiger partial charge on any atom is 0.194 e. The summed E-state index contributed by atoms with van der Waals surface area (Å²) in [5.41, 5.74) is 3.89. The third-order valence-electron chi connectivity index (χ3n) is 5.12. The van der Waals surface area contributed by atoms with Crippen LogP contribution in [0.25, 0.3) is 0 Å². The molecule has 1 heterocycles. The Bertz CT molecular complexity index is 1100. The summed E-state index contributed by atoms with van der Waals surface area (Å²) in [5, 5.41) is 10.6. The summed E-state index contributed by atoms with van der Waals surface area (Å²) in [5.74, 6) is 1.53. The summed E-state index contributed by atoms with van der Waals surface area (Å²) >= 11 is 9.26. The lowest BCUT2D eigenvalue weighted by Crippen LogP contribution is -2.31. The van der Waals surface area contributed by atoms with Gasteiger partial charge in [-0.25, -0.2) is 5.01 Å². The van der Waals surface area contributed by atoms with Crippen molar-refractivity contribution >= 4 is 44.7 Å². The van der Waals surface area contributed by atoms with E-state index in [1.807, 2.05) is 65.7 Å². The first kappa shape index (κ1) is 21.3. The third-order valence-corrected chi connectivity index (χ3v) is 5.93. The monoisotopic (exact) mass is 495 g/mol. The summed E-state index contributed by atoms with van der Waals surface area (Å²) in [6.45, 7) is 0. The lowest BCUT2D eigenvalue weighted by molar-refractivity contribution is 0.346. The van der Waals surface area contributed by atoms with Crippen LogP contribution in [0.15, 0.2) is 82.4 Å². The number of para-hydroxylation sites is 1. The van der Waals surface area contributed by atoms with E-state index in [0.717, 1.165) is 38.5 Å². The van der Waals surface area contributed by atoms with Gasteiger partial charge < -0.3 is 14.8 Å². The van der Waals surface area contributed by atoms with E-state index < -0.39 is 0 Å². The first-order valence-electron chi connectivity index (χ1n) is 9.79. The van der Waals surface area contributed by atoms with Gasteiger partial charge in [0.05, 0.1) is 26.0 Å². The Morgan fingerprint density at radius 2 is 1.77 bits per heavy atom. The van der Waals surface area contributed by atoms with E-state index in [-0.39, 0.29) is 6.04 Å². The molecule has 31 heavy (non-hydrogen) atoms. The van der Waals surface area contributed by atoms with Crippen molar-refractivity contribution < 1.29 is 9.47 Å². The van der Waals surface area contributed by atoms with Crippen molar-refractivity contribution in [1.29, 1.82) is 0 Å². The van der Waals surface area contributed by atoms with Crippen LogP contribution in [0.4, 0.5) is 5.69 Å². The first-order chi connectivity index (χ1) is 15.1. The van der Waals surface area contributed by atoms with Crippen molar-refractivity contribution in [2.75, 3.05) is 19.5 Å². The zero-order valence-electron chi connectivity index (χ0n) is 17.2. The van der Waals surface area contributed by atoms with Crippen molar-refractivity contribution in [2.45, 2.75) is 12.5 Å². The summed E-state index contributed by atoms with van der Waals surface area (Å²) in [7, 11) is 3.32. The second-order valence-corrected chi connectivity index (χ2v) is 8.32. The summed E-state index contributed by atoms with van der Waals surface area (Å²) in [6, 6.07) is 23.7. The minimum Gasteiger partial charge on any atom is -0.497 e. The van der Waals surface area contributed by atoms with Crippen molar-refractivity contribution in [3.8, 4) is 11.5 Å². The third kappa shape index (κ3) is 4.73. The van der Waals surface area contributed by atoms with E-state index in [0.29, 0.717) is 11.5 Å². The number of halogens is 1. The largest absolute Gasteiger partial charge is 0.497 e. The molecule has 3 aromatic carbocycles. The Balaban J connectivity index is 1.72. The van der Waals surface area contributed by atoms with E-state index in [1.54, 1.807) is 14.2 Å². The molecule has 0 amide bonds. The smallest absolute Gasteiger partial charge is 0.194 e. The van der Waals surface area contributed by atoms with E-state index in [4.69, 9.17) is 26.8 Å². The molecule has 0 aromatic heterocycles. The molecule has 0 unspecified atom stereocenters. The van der Waals surface area contributed by atoms with Gasteiger partial charge in [-0.2, -0.15) is 5.10 Å². The van der Waals surface area contributed by atoms with Crippen molar-refractivity contribution in [2.24, 2.45) is 5.10 Å². The minimum absolute atomic E-state index is 0.132. The van der Waals surface area contributed by atoms with Gasteiger partial charge in [0.1, 0.15) is 11.5 Å². The van der Waals surface area contributed by atoms with E-state index in [1.165, 1.54) is 0 Å². The van der Waals surface area contributed by atoms with E-state index in [2.05, 4.69) is 33.4 Å². The Labute approximate surface area is 195 Å². The molecule has 0 spiro atoms. The van der Waals surface area contributed by atoms with Crippen molar-refractivity contribution in [1.82, 2.24) is 5.01 Å². The van der Waals surface area contributed by atoms with E-state index >= 15 is 0 Å². The number of anilines is 1. The van der Waals surface area contributed by atoms with Crippen LogP contribution in [0.3, 0.4) is 0 Å². The number of hydrogen-bond acceptors (Lipinski definition) is 4. The van der Waals surface area contributed by atoms with Gasteiger partial charge in [-0.05, 0) is 60.2 Å². The number of hydrogen-bond donors (Lipinski definition) is 1. The van der Waals surface area contributed by atoms with Gasteiger partial charge in [-0.3, -0.25) is 0 Å². The zero-order chi connectivity index (χ0) is 21.8. The van der Waals surface area contributed by atoms with Crippen LogP contribution in [-0.2, 0) is 0 Å². The quantitative estimate of drug-likeness (QED) is 0.438. The van der Waals surface area contributed by atoms with Gasteiger partial charge >= 0.3 is 0 Å². The second-order valence-electron chi connectivity index (χ2n) is 7.02. The predicted octanol–water partition coefficient (Wildman–Crippen LogP) is 6.01. The number of ether oxygens (including phenoxy) is 2. The molecular formula is C24H22BrN3O2S. The highest BCUT2D eigenvalue weighted by atomic mass is 79.9. The number of nitrogens with one attached hydrogen (secondary N) is 1. The number of rotatable bonds is 5. The maximum absolute atomic E-state index is 5.77. The molecule has 0 bridgehead atoms. The van der Waals surface area contributed by atoms with Gasteiger partial charge in [-0.15, -0.1) is 0 Å². The Hall–Kier alpha value is -2.90. The summed E-state index contributed by atoms with van der Waals surface area (Å²) < 4.78 is 12.1. The molecule has 4 rings (SSSR count). The van der Waals surface area contributed by atoms with Crippen LogP contribution in [-0.4, -0.2) is 30.1 Å². The molecular weight excluding hydrogens is 474 g/mol. The van der Waals surface area contributed by atoms with Crippen LogP contribution in [0.5, 0.6) is 11.5 Å². The molecule has 7 heteroatoms. The highest BCUT2D eigenvalue weighted by molar-refractivity contribution is 9.10. The van der Waals surface area contributed by atoms with Gasteiger partial charge in [0.15, 0.2) is 5.11 Å². The summed E-state index contributed by atoms with van der Waals surface area (Å²) in [6.07, 6.45) is 0.682. The molecule has 0 saturated carbocycles. The fourth-order valence-electron chi connectivity index (χ4n) is 3.56. The van der Waals surface area contributed by atoms with Gasteiger partial charge in [-0.1, -0.05) is 46.3 Å². The van der Waals surface area contributed by atoms with Crippen LogP contribution >= 0.6 is 28.1 Å². The average molecular weight is 496 g/mol. The molecule has 158 valence electrons. The molecule has 0 fully saturated rings. The Kier molecular flexibility index (Phi) is 6.53. The van der Waals surface area contributed by atoms with Crippen LogP contribution in [0.1, 0.15) is 23.6 Å². The van der Waals surface area contributed by atoms with Gasteiger partial charge in [0.25, 0.3) is 0 Å².